The van der Waals surface area contributed by atoms with Gasteiger partial charge in [-0.25, -0.2) is 9.13 Å². The van der Waals surface area contributed by atoms with Crippen LogP contribution in [0.2, 0.25) is 0 Å². The number of hydrogen-bond acceptors (Lipinski definition) is 15. The van der Waals surface area contributed by atoms with Crippen molar-refractivity contribution in [2.75, 3.05) is 39.6 Å². The van der Waals surface area contributed by atoms with Gasteiger partial charge in [0.1, 0.15) is 19.3 Å². The first-order chi connectivity index (χ1) is 46.7. The van der Waals surface area contributed by atoms with Crippen LogP contribution in [0.4, 0.5) is 0 Å². The van der Waals surface area contributed by atoms with Crippen LogP contribution in [0.25, 0.3) is 0 Å². The highest BCUT2D eigenvalue weighted by Gasteiger charge is 2.30. The number of allylic oxidation sites excluding steroid dienone is 8. The molecule has 0 heterocycles. The minimum absolute atomic E-state index is 0.0821. The first-order valence-corrected chi connectivity index (χ1v) is 41.9. The summed E-state index contributed by atoms with van der Waals surface area (Å²) < 4.78 is 68.5. The lowest BCUT2D eigenvalue weighted by atomic mass is 10.0. The van der Waals surface area contributed by atoms with Crippen molar-refractivity contribution < 1.29 is 80.2 Å². The van der Waals surface area contributed by atoms with Gasteiger partial charge in [0.15, 0.2) is 12.2 Å². The van der Waals surface area contributed by atoms with Crippen LogP contribution in [0.15, 0.2) is 48.6 Å². The first kappa shape index (κ1) is 93.0. The van der Waals surface area contributed by atoms with Crippen molar-refractivity contribution in [3.63, 3.8) is 0 Å². The zero-order valence-electron chi connectivity index (χ0n) is 61.3. The van der Waals surface area contributed by atoms with Crippen LogP contribution >= 0.6 is 15.6 Å². The fraction of sp³-hybridized carbons (Fsp3) is 0.844. The lowest BCUT2D eigenvalue weighted by molar-refractivity contribution is -0.161. The van der Waals surface area contributed by atoms with Crippen molar-refractivity contribution in [1.29, 1.82) is 0 Å². The number of carbonyl (C=O) groups is 4. The maximum Gasteiger partial charge on any atom is 0.472 e. The van der Waals surface area contributed by atoms with E-state index in [0.29, 0.717) is 25.7 Å². The van der Waals surface area contributed by atoms with E-state index in [1.807, 2.05) is 0 Å². The van der Waals surface area contributed by atoms with Gasteiger partial charge in [0.05, 0.1) is 26.4 Å². The molecular formula is C77H142O17P2. The van der Waals surface area contributed by atoms with E-state index in [1.54, 1.807) is 0 Å². The molecule has 2 unspecified atom stereocenters. The lowest BCUT2D eigenvalue weighted by Gasteiger charge is -2.21. The highest BCUT2D eigenvalue weighted by molar-refractivity contribution is 7.47. The van der Waals surface area contributed by atoms with Gasteiger partial charge in [-0.2, -0.15) is 0 Å². The van der Waals surface area contributed by atoms with E-state index in [-0.39, 0.29) is 25.7 Å². The van der Waals surface area contributed by atoms with Crippen LogP contribution in [0.5, 0.6) is 0 Å². The SMILES string of the molecule is CCCCC/C=C\C/C=C\CCCCCCCC(=O)O[C@H](COC(=O)CCCCCCC/C=C\CCCCCCCC)COP(=O)(O)OC[C@@H](O)COP(=O)(O)OC[C@@H](COC(=O)CCCCCCC/C=C\CCCCCC)OC(=O)CCCCCCCCCCCCCCC. The summed E-state index contributed by atoms with van der Waals surface area (Å²) in [6.45, 7) is 4.86. The second-order valence-electron chi connectivity index (χ2n) is 26.3. The molecule has 96 heavy (non-hydrogen) atoms. The zero-order chi connectivity index (χ0) is 70.4. The second-order valence-corrected chi connectivity index (χ2v) is 29.2. The van der Waals surface area contributed by atoms with Crippen LogP contribution in [0.1, 0.15) is 362 Å². The number of unbranched alkanes of at least 4 members (excludes halogenated alkanes) is 40. The van der Waals surface area contributed by atoms with Crippen molar-refractivity contribution in [1.82, 2.24) is 0 Å². The number of phosphoric acid groups is 2. The second kappa shape index (κ2) is 70.5. The topological polar surface area (TPSA) is 237 Å². The number of rotatable bonds is 74. The first-order valence-electron chi connectivity index (χ1n) is 38.9. The number of esters is 4. The van der Waals surface area contributed by atoms with Crippen LogP contribution < -0.4 is 0 Å². The summed E-state index contributed by atoms with van der Waals surface area (Å²) in [6, 6.07) is 0. The largest absolute Gasteiger partial charge is 0.472 e. The minimum Gasteiger partial charge on any atom is -0.462 e. The van der Waals surface area contributed by atoms with E-state index < -0.39 is 97.5 Å². The molecule has 0 bridgehead atoms. The monoisotopic (exact) mass is 1400 g/mol. The van der Waals surface area contributed by atoms with Gasteiger partial charge in [-0.3, -0.25) is 37.3 Å². The molecule has 0 rings (SSSR count). The maximum atomic E-state index is 13.1. The average molecular weight is 1400 g/mol. The number of aliphatic hydroxyl groups excluding tert-OH is 1. The molecule has 0 fully saturated rings. The zero-order valence-corrected chi connectivity index (χ0v) is 63.1. The van der Waals surface area contributed by atoms with Crippen LogP contribution in [0, 0.1) is 0 Å². The smallest absolute Gasteiger partial charge is 0.462 e. The maximum absolute atomic E-state index is 13.1. The molecule has 0 aromatic heterocycles. The van der Waals surface area contributed by atoms with E-state index in [0.717, 1.165) is 148 Å². The molecule has 0 aliphatic carbocycles. The van der Waals surface area contributed by atoms with Gasteiger partial charge >= 0.3 is 39.5 Å². The summed E-state index contributed by atoms with van der Waals surface area (Å²) >= 11 is 0. The Balaban J connectivity index is 5.33. The molecule has 0 aromatic carbocycles. The van der Waals surface area contributed by atoms with Gasteiger partial charge in [0, 0.05) is 25.7 Å². The number of carbonyl (C=O) groups excluding carboxylic acids is 4. The van der Waals surface area contributed by atoms with Gasteiger partial charge in [-0.15, -0.1) is 0 Å². The average Bonchev–Trinajstić information content (AvgIpc) is 1.43. The van der Waals surface area contributed by atoms with Gasteiger partial charge in [-0.05, 0) is 109 Å². The molecule has 562 valence electrons. The van der Waals surface area contributed by atoms with Crippen molar-refractivity contribution in [3.8, 4) is 0 Å². The van der Waals surface area contributed by atoms with Gasteiger partial charge < -0.3 is 33.8 Å². The lowest BCUT2D eigenvalue weighted by Crippen LogP contribution is -2.30. The standard InChI is InChI=1S/C77H142O17P2/c1-5-9-13-17-21-25-29-33-35-39-42-46-50-54-58-62-75(80)88-68-73(94-77(82)64-60-56-52-48-44-40-36-34-30-26-22-18-14-10-6-2)70-92-96(85,86)90-66-71(78)65-89-95(83,84)91-69-72(93-76(81)63-59-55-51-47-43-38-32-28-24-20-16-12-8-4)67-87-74(79)61-57-53-49-45-41-37-31-27-23-19-15-11-7-3/h22,26-27,31,33-36,71-73,78H,5-21,23-25,28-30,32,37-70H2,1-4H3,(H,83,84)(H,85,86)/b26-22-,31-27-,35-33-,36-34-/t71-,72+,73+/m0/s1. The Morgan fingerprint density at radius 1 is 0.292 bits per heavy atom. The molecular weight excluding hydrogens is 1260 g/mol. The fourth-order valence-electron chi connectivity index (χ4n) is 10.8. The number of aliphatic hydroxyl groups is 1. The number of phosphoric ester groups is 2. The molecule has 3 N–H and O–H groups in total. The molecule has 0 spiro atoms. The highest BCUT2D eigenvalue weighted by atomic mass is 31.2. The van der Waals surface area contributed by atoms with E-state index in [4.69, 9.17) is 37.0 Å². The van der Waals surface area contributed by atoms with Gasteiger partial charge in [0.2, 0.25) is 0 Å². The Labute approximate surface area is 585 Å². The Morgan fingerprint density at radius 3 is 0.812 bits per heavy atom. The highest BCUT2D eigenvalue weighted by Crippen LogP contribution is 2.45. The van der Waals surface area contributed by atoms with Crippen LogP contribution in [0.3, 0.4) is 0 Å². The van der Waals surface area contributed by atoms with Crippen molar-refractivity contribution in [3.05, 3.63) is 48.6 Å². The Hall–Kier alpha value is -2.98. The molecule has 5 atom stereocenters. The summed E-state index contributed by atoms with van der Waals surface area (Å²) in [4.78, 5) is 72.8. The molecule has 0 aliphatic rings. The van der Waals surface area contributed by atoms with Gasteiger partial charge in [0.25, 0.3) is 0 Å². The Morgan fingerprint density at radius 2 is 0.510 bits per heavy atom. The summed E-state index contributed by atoms with van der Waals surface area (Å²) in [5.41, 5.74) is 0. The van der Waals surface area contributed by atoms with Crippen molar-refractivity contribution in [2.45, 2.75) is 380 Å². The van der Waals surface area contributed by atoms with E-state index in [9.17, 15) is 43.2 Å². The van der Waals surface area contributed by atoms with Crippen molar-refractivity contribution >= 4 is 39.5 Å². The normalized spacial score (nSPS) is 14.2. The van der Waals surface area contributed by atoms with Crippen LogP contribution in [-0.4, -0.2) is 96.7 Å². The molecule has 0 amide bonds. The minimum atomic E-state index is -4.97. The third-order valence-corrected chi connectivity index (χ3v) is 18.7. The van der Waals surface area contributed by atoms with Gasteiger partial charge in [-0.1, -0.05) is 275 Å². The summed E-state index contributed by atoms with van der Waals surface area (Å²) in [5, 5.41) is 10.6. The molecule has 0 saturated heterocycles. The quantitative estimate of drug-likeness (QED) is 0.0169. The fourth-order valence-corrected chi connectivity index (χ4v) is 12.3. The molecule has 0 saturated carbocycles. The van der Waals surface area contributed by atoms with Crippen molar-refractivity contribution in [2.24, 2.45) is 0 Å². The van der Waals surface area contributed by atoms with E-state index >= 15 is 0 Å². The predicted molar refractivity (Wildman–Crippen MR) is 390 cm³/mol. The van der Waals surface area contributed by atoms with Crippen LogP contribution in [-0.2, 0) is 65.4 Å². The number of ether oxygens (including phenoxy) is 4. The van der Waals surface area contributed by atoms with E-state index in [1.165, 1.54) is 135 Å². The molecule has 0 aromatic rings. The molecule has 0 aliphatic heterocycles. The molecule has 0 radical (unpaired) electrons. The third-order valence-electron chi connectivity index (χ3n) is 16.8. The predicted octanol–water partition coefficient (Wildman–Crippen LogP) is 22.1. The molecule has 19 heteroatoms. The van der Waals surface area contributed by atoms with E-state index in [2.05, 4.69) is 76.3 Å². The Kier molecular flexibility index (Phi) is 68.3. The molecule has 17 nitrogen and oxygen atoms in total. The number of hydrogen-bond donors (Lipinski definition) is 3. The summed E-state index contributed by atoms with van der Waals surface area (Å²) in [6.07, 6.45) is 66.6. The third kappa shape index (κ3) is 69.5. The summed E-state index contributed by atoms with van der Waals surface area (Å²) in [5.74, 6) is -2.17. The Bertz CT molecular complexity index is 2010. The summed E-state index contributed by atoms with van der Waals surface area (Å²) in [7, 11) is -9.94.